The maximum Gasteiger partial charge on any atom is 0.257 e. The van der Waals surface area contributed by atoms with Gasteiger partial charge in [0.15, 0.2) is 0 Å². The van der Waals surface area contributed by atoms with E-state index in [1.165, 1.54) is 12.5 Å². The van der Waals surface area contributed by atoms with Crippen molar-refractivity contribution in [2.45, 2.75) is 25.3 Å². The van der Waals surface area contributed by atoms with E-state index >= 15 is 0 Å². The Kier molecular flexibility index (Phi) is 5.58. The van der Waals surface area contributed by atoms with Crippen molar-refractivity contribution in [3.8, 4) is 0 Å². The van der Waals surface area contributed by atoms with Crippen LogP contribution in [0.3, 0.4) is 0 Å². The van der Waals surface area contributed by atoms with Crippen LogP contribution in [0.15, 0.2) is 35.0 Å². The molecule has 1 aromatic heterocycles. The van der Waals surface area contributed by atoms with Gasteiger partial charge in [-0.15, -0.1) is 0 Å². The molecule has 3 rings (SSSR count). The number of likely N-dealkylation sites (tertiary alicyclic amines) is 1. The first-order valence-electron chi connectivity index (χ1n) is 8.15. The van der Waals surface area contributed by atoms with E-state index < -0.39 is 23.1 Å². The lowest BCUT2D eigenvalue weighted by Crippen LogP contribution is -2.40. The van der Waals surface area contributed by atoms with Gasteiger partial charge in [-0.2, -0.15) is 11.3 Å². The molecule has 2 heterocycles. The summed E-state index contributed by atoms with van der Waals surface area (Å²) >= 11 is 1.61. The molecule has 1 unspecified atom stereocenters. The van der Waals surface area contributed by atoms with Gasteiger partial charge in [0.1, 0.15) is 17.2 Å². The molecule has 6 heteroatoms. The van der Waals surface area contributed by atoms with Crippen molar-refractivity contribution in [2.24, 2.45) is 0 Å². The van der Waals surface area contributed by atoms with E-state index in [1.807, 2.05) is 11.4 Å². The number of hydrogen-bond donors (Lipinski definition) is 1. The number of amides is 1. The second kappa shape index (κ2) is 7.85. The van der Waals surface area contributed by atoms with Gasteiger partial charge in [-0.3, -0.25) is 9.69 Å². The normalized spacial score (nSPS) is 16.8. The lowest BCUT2D eigenvalue weighted by molar-refractivity contribution is 0.0916. The highest BCUT2D eigenvalue weighted by Gasteiger charge is 2.24. The molecular weight excluding hydrogens is 330 g/mol. The van der Waals surface area contributed by atoms with Gasteiger partial charge in [0.2, 0.25) is 0 Å². The number of nitrogens with zero attached hydrogens (tertiary/aromatic N) is 1. The maximum atomic E-state index is 13.7. The monoisotopic (exact) mass is 350 g/mol. The van der Waals surface area contributed by atoms with E-state index in [4.69, 9.17) is 0 Å². The minimum absolute atomic E-state index is 0.0373. The summed E-state index contributed by atoms with van der Waals surface area (Å²) in [6.07, 6.45) is 3.49. The van der Waals surface area contributed by atoms with E-state index in [2.05, 4.69) is 15.6 Å². The SMILES string of the molecule is O=C(NCC(c1ccsc1)N1CCCCC1)c1c(F)cccc1F. The first-order chi connectivity index (χ1) is 11.7. The summed E-state index contributed by atoms with van der Waals surface area (Å²) in [5.74, 6) is -2.38. The summed E-state index contributed by atoms with van der Waals surface area (Å²) in [5, 5.41) is 6.78. The van der Waals surface area contributed by atoms with Crippen LogP contribution >= 0.6 is 11.3 Å². The summed E-state index contributed by atoms with van der Waals surface area (Å²) in [7, 11) is 0. The lowest BCUT2D eigenvalue weighted by atomic mass is 10.0. The first kappa shape index (κ1) is 17.0. The number of piperidine rings is 1. The van der Waals surface area contributed by atoms with Gasteiger partial charge in [0.05, 0.1) is 6.04 Å². The fourth-order valence-electron chi connectivity index (χ4n) is 3.14. The van der Waals surface area contributed by atoms with Crippen LogP contribution in [0.2, 0.25) is 0 Å². The zero-order valence-corrected chi connectivity index (χ0v) is 14.1. The number of thiophene rings is 1. The molecule has 1 N–H and O–H groups in total. The van der Waals surface area contributed by atoms with E-state index in [0.717, 1.165) is 43.6 Å². The van der Waals surface area contributed by atoms with Crippen LogP contribution in [0, 0.1) is 11.6 Å². The number of carbonyl (C=O) groups excluding carboxylic acids is 1. The molecule has 0 radical (unpaired) electrons. The van der Waals surface area contributed by atoms with E-state index in [9.17, 15) is 13.6 Å². The molecule has 24 heavy (non-hydrogen) atoms. The van der Waals surface area contributed by atoms with Crippen molar-refractivity contribution in [1.29, 1.82) is 0 Å². The number of rotatable bonds is 5. The van der Waals surface area contributed by atoms with Crippen molar-refractivity contribution >= 4 is 17.2 Å². The molecular formula is C18H20F2N2OS. The van der Waals surface area contributed by atoms with Crippen LogP contribution in [0.1, 0.15) is 41.2 Å². The fraction of sp³-hybridized carbons (Fsp3) is 0.389. The molecule has 1 aromatic carbocycles. The van der Waals surface area contributed by atoms with Gasteiger partial charge in [0.25, 0.3) is 5.91 Å². The molecule has 0 aliphatic carbocycles. The molecule has 1 aliphatic rings. The van der Waals surface area contributed by atoms with E-state index in [-0.39, 0.29) is 6.04 Å². The topological polar surface area (TPSA) is 32.3 Å². The molecule has 1 saturated heterocycles. The molecule has 1 aliphatic heterocycles. The largest absolute Gasteiger partial charge is 0.350 e. The number of carbonyl (C=O) groups is 1. The summed E-state index contributed by atoms with van der Waals surface area (Å²) in [4.78, 5) is 14.6. The van der Waals surface area contributed by atoms with Crippen LogP contribution in [-0.4, -0.2) is 30.4 Å². The van der Waals surface area contributed by atoms with E-state index in [0.29, 0.717) is 6.54 Å². The fourth-order valence-corrected chi connectivity index (χ4v) is 3.85. The first-order valence-corrected chi connectivity index (χ1v) is 9.09. The predicted octanol–water partition coefficient (Wildman–Crippen LogP) is 3.98. The van der Waals surface area contributed by atoms with Crippen LogP contribution in [0.25, 0.3) is 0 Å². The van der Waals surface area contributed by atoms with Gasteiger partial charge in [0, 0.05) is 6.54 Å². The molecule has 0 spiro atoms. The molecule has 1 atom stereocenters. The Morgan fingerprint density at radius 3 is 2.50 bits per heavy atom. The van der Waals surface area contributed by atoms with Gasteiger partial charge in [-0.25, -0.2) is 8.78 Å². The standard InChI is InChI=1S/C18H20F2N2OS/c19-14-5-4-6-15(20)17(14)18(23)21-11-16(13-7-10-24-12-13)22-8-2-1-3-9-22/h4-7,10,12,16H,1-3,8-9,11H2,(H,21,23). The molecule has 2 aromatic rings. The third-order valence-corrected chi connectivity index (χ3v) is 5.11. The highest BCUT2D eigenvalue weighted by molar-refractivity contribution is 7.07. The van der Waals surface area contributed by atoms with Crippen molar-refractivity contribution in [3.05, 3.63) is 57.8 Å². The zero-order valence-electron chi connectivity index (χ0n) is 13.3. The van der Waals surface area contributed by atoms with Crippen molar-refractivity contribution in [3.63, 3.8) is 0 Å². The van der Waals surface area contributed by atoms with Crippen molar-refractivity contribution < 1.29 is 13.6 Å². The Bertz CT molecular complexity index is 664. The van der Waals surface area contributed by atoms with Gasteiger partial charge in [-0.1, -0.05) is 12.5 Å². The maximum absolute atomic E-state index is 13.7. The van der Waals surface area contributed by atoms with Gasteiger partial charge >= 0.3 is 0 Å². The Labute approximate surface area is 144 Å². The number of benzene rings is 1. The van der Waals surface area contributed by atoms with E-state index in [1.54, 1.807) is 11.3 Å². The van der Waals surface area contributed by atoms with Crippen LogP contribution in [0.5, 0.6) is 0 Å². The van der Waals surface area contributed by atoms with Crippen LogP contribution in [0.4, 0.5) is 8.78 Å². The second-order valence-corrected chi connectivity index (χ2v) is 6.76. The highest BCUT2D eigenvalue weighted by atomic mass is 32.1. The zero-order chi connectivity index (χ0) is 16.9. The van der Waals surface area contributed by atoms with Crippen molar-refractivity contribution in [2.75, 3.05) is 19.6 Å². The van der Waals surface area contributed by atoms with Gasteiger partial charge < -0.3 is 5.32 Å². The Balaban J connectivity index is 1.72. The van der Waals surface area contributed by atoms with Gasteiger partial charge in [-0.05, 0) is 60.5 Å². The third kappa shape index (κ3) is 3.82. The summed E-state index contributed by atoms with van der Waals surface area (Å²) in [5.41, 5.74) is 0.622. The van der Waals surface area contributed by atoms with Crippen molar-refractivity contribution in [1.82, 2.24) is 10.2 Å². The number of halogens is 2. The minimum Gasteiger partial charge on any atom is -0.350 e. The molecule has 1 fully saturated rings. The lowest BCUT2D eigenvalue weighted by Gasteiger charge is -2.34. The number of hydrogen-bond acceptors (Lipinski definition) is 3. The quantitative estimate of drug-likeness (QED) is 0.884. The predicted molar refractivity (Wildman–Crippen MR) is 91.2 cm³/mol. The second-order valence-electron chi connectivity index (χ2n) is 5.98. The molecule has 128 valence electrons. The smallest absolute Gasteiger partial charge is 0.257 e. The van der Waals surface area contributed by atoms with Crippen LogP contribution in [-0.2, 0) is 0 Å². The Hall–Kier alpha value is -1.79. The Morgan fingerprint density at radius 2 is 1.88 bits per heavy atom. The summed E-state index contributed by atoms with van der Waals surface area (Å²) in [6, 6.07) is 5.52. The number of nitrogens with one attached hydrogen (secondary N) is 1. The molecule has 3 nitrogen and oxygen atoms in total. The average Bonchev–Trinajstić information content (AvgIpc) is 3.10. The highest BCUT2D eigenvalue weighted by Crippen LogP contribution is 2.26. The third-order valence-electron chi connectivity index (χ3n) is 4.41. The molecule has 0 bridgehead atoms. The summed E-state index contributed by atoms with van der Waals surface area (Å²) < 4.78 is 27.5. The summed E-state index contributed by atoms with van der Waals surface area (Å²) in [6.45, 7) is 2.29. The minimum atomic E-state index is -0.836. The van der Waals surface area contributed by atoms with Crippen LogP contribution < -0.4 is 5.32 Å². The molecule has 0 saturated carbocycles. The average molecular weight is 350 g/mol. The Morgan fingerprint density at radius 1 is 1.17 bits per heavy atom. The molecule has 1 amide bonds.